The average Bonchev–Trinajstić information content (AvgIpc) is 2.86. The first-order chi connectivity index (χ1) is 9.51. The normalized spacial score (nSPS) is 12.2. The van der Waals surface area contributed by atoms with Gasteiger partial charge in [0.05, 0.1) is 13.3 Å². The van der Waals surface area contributed by atoms with Gasteiger partial charge in [-0.3, -0.25) is 4.79 Å². The van der Waals surface area contributed by atoms with E-state index in [0.717, 1.165) is 0 Å². The molecule has 20 heavy (non-hydrogen) atoms. The predicted octanol–water partition coefficient (Wildman–Crippen LogP) is 1.84. The maximum absolute atomic E-state index is 11.1. The number of aliphatic hydroxyl groups excluding tert-OH is 1. The average molecular weight is 316 g/mol. The van der Waals surface area contributed by atoms with Crippen molar-refractivity contribution in [1.82, 2.24) is 15.0 Å². The molecule has 0 amide bonds. The van der Waals surface area contributed by atoms with Crippen molar-refractivity contribution in [1.29, 1.82) is 0 Å². The maximum Gasteiger partial charge on any atom is 0.327 e. The first kappa shape index (κ1) is 14.8. The fourth-order valence-corrected chi connectivity index (χ4v) is 2.11. The lowest BCUT2D eigenvalue weighted by molar-refractivity contribution is -0.141. The molecule has 1 aromatic heterocycles. The molecule has 2 rings (SSSR count). The molecule has 2 aromatic rings. The van der Waals surface area contributed by atoms with E-state index >= 15 is 0 Å². The minimum absolute atomic E-state index is 0.0788. The van der Waals surface area contributed by atoms with Crippen LogP contribution in [0.1, 0.15) is 17.4 Å². The van der Waals surface area contributed by atoms with Gasteiger partial charge in [-0.1, -0.05) is 34.5 Å². The molecule has 1 unspecified atom stereocenters. The number of benzene rings is 1. The molecule has 0 spiro atoms. The lowest BCUT2D eigenvalue weighted by atomic mass is 10.1. The van der Waals surface area contributed by atoms with Gasteiger partial charge in [0.2, 0.25) is 0 Å². The fourth-order valence-electron chi connectivity index (χ4n) is 1.60. The molecule has 6 nitrogen and oxygen atoms in total. The van der Waals surface area contributed by atoms with Gasteiger partial charge in [-0.2, -0.15) is 0 Å². The van der Waals surface area contributed by atoms with Gasteiger partial charge in [0, 0.05) is 15.6 Å². The van der Waals surface area contributed by atoms with Crippen molar-refractivity contribution < 1.29 is 14.6 Å². The summed E-state index contributed by atoms with van der Waals surface area (Å²) in [5.41, 5.74) is 0.735. The van der Waals surface area contributed by atoms with E-state index in [1.807, 2.05) is 0 Å². The van der Waals surface area contributed by atoms with E-state index < -0.39 is 12.1 Å². The summed E-state index contributed by atoms with van der Waals surface area (Å²) in [6.45, 7) is -0.0788. The van der Waals surface area contributed by atoms with Gasteiger partial charge in [0.15, 0.2) is 0 Å². The van der Waals surface area contributed by atoms with E-state index in [-0.39, 0.29) is 12.2 Å². The van der Waals surface area contributed by atoms with Crippen LogP contribution in [0.2, 0.25) is 10.0 Å². The third-order valence-electron chi connectivity index (χ3n) is 2.61. The summed E-state index contributed by atoms with van der Waals surface area (Å²) >= 11 is 11.8. The van der Waals surface area contributed by atoms with Crippen LogP contribution in [-0.2, 0) is 16.1 Å². The molecule has 8 heteroatoms. The highest BCUT2D eigenvalue weighted by molar-refractivity contribution is 6.35. The van der Waals surface area contributed by atoms with Crippen molar-refractivity contribution in [3.63, 3.8) is 0 Å². The molecule has 0 aliphatic rings. The van der Waals surface area contributed by atoms with Crippen molar-refractivity contribution >= 4 is 29.2 Å². The summed E-state index contributed by atoms with van der Waals surface area (Å²) < 4.78 is 5.79. The van der Waals surface area contributed by atoms with Crippen LogP contribution in [0, 0.1) is 0 Å². The third-order valence-corrected chi connectivity index (χ3v) is 3.17. The standard InChI is InChI=1S/C12H11Cl2N3O3/c1-20-11(18)6-17-5-10(15-16-17)12(19)8-3-2-7(13)4-9(8)14/h2-5,12,19H,6H2,1H3. The lowest BCUT2D eigenvalue weighted by Gasteiger charge is -2.09. The summed E-state index contributed by atoms with van der Waals surface area (Å²) in [7, 11) is 1.28. The Bertz CT molecular complexity index is 630. The highest BCUT2D eigenvalue weighted by Gasteiger charge is 2.18. The van der Waals surface area contributed by atoms with E-state index in [4.69, 9.17) is 23.2 Å². The highest BCUT2D eigenvalue weighted by atomic mass is 35.5. The first-order valence-electron chi connectivity index (χ1n) is 5.61. The molecular weight excluding hydrogens is 305 g/mol. The van der Waals surface area contributed by atoms with Crippen molar-refractivity contribution in [2.24, 2.45) is 0 Å². The first-order valence-corrected chi connectivity index (χ1v) is 6.36. The fraction of sp³-hybridized carbons (Fsp3) is 0.250. The monoisotopic (exact) mass is 315 g/mol. The number of carbonyl (C=O) groups is 1. The lowest BCUT2D eigenvalue weighted by Crippen LogP contribution is -2.11. The van der Waals surface area contributed by atoms with E-state index in [2.05, 4.69) is 15.0 Å². The molecule has 0 saturated carbocycles. The largest absolute Gasteiger partial charge is 0.468 e. The zero-order valence-electron chi connectivity index (χ0n) is 10.5. The minimum Gasteiger partial charge on any atom is -0.468 e. The van der Waals surface area contributed by atoms with Crippen LogP contribution in [0.4, 0.5) is 0 Å². The zero-order chi connectivity index (χ0) is 14.7. The van der Waals surface area contributed by atoms with Crippen molar-refractivity contribution in [3.05, 3.63) is 45.7 Å². The zero-order valence-corrected chi connectivity index (χ0v) is 12.0. The Morgan fingerprint density at radius 2 is 2.25 bits per heavy atom. The van der Waals surface area contributed by atoms with Gasteiger partial charge in [-0.15, -0.1) is 5.10 Å². The van der Waals surface area contributed by atoms with Gasteiger partial charge in [-0.25, -0.2) is 4.68 Å². The second-order valence-electron chi connectivity index (χ2n) is 3.99. The molecule has 0 fully saturated rings. The molecule has 1 aromatic carbocycles. The summed E-state index contributed by atoms with van der Waals surface area (Å²) in [5.74, 6) is -0.458. The second kappa shape index (κ2) is 6.21. The number of hydrogen-bond acceptors (Lipinski definition) is 5. The number of halogens is 2. The maximum atomic E-state index is 11.1. The molecule has 1 N–H and O–H groups in total. The Kier molecular flexibility index (Phi) is 4.59. The summed E-state index contributed by atoms with van der Waals surface area (Å²) in [6, 6.07) is 4.75. The second-order valence-corrected chi connectivity index (χ2v) is 4.83. The summed E-state index contributed by atoms with van der Waals surface area (Å²) in [6.07, 6.45) is 0.401. The van der Waals surface area contributed by atoms with Crippen LogP contribution in [0.15, 0.2) is 24.4 Å². The number of esters is 1. The van der Waals surface area contributed by atoms with Crippen LogP contribution in [0.5, 0.6) is 0 Å². The molecule has 0 saturated heterocycles. The Morgan fingerprint density at radius 3 is 2.90 bits per heavy atom. The topological polar surface area (TPSA) is 77.2 Å². The van der Waals surface area contributed by atoms with Crippen LogP contribution in [0.3, 0.4) is 0 Å². The highest BCUT2D eigenvalue weighted by Crippen LogP contribution is 2.29. The van der Waals surface area contributed by atoms with Gasteiger partial charge in [0.25, 0.3) is 0 Å². The SMILES string of the molecule is COC(=O)Cn1cc(C(O)c2ccc(Cl)cc2Cl)nn1. The molecule has 0 aliphatic carbocycles. The molecule has 0 aliphatic heterocycles. The quantitative estimate of drug-likeness (QED) is 0.871. The van der Waals surface area contributed by atoms with E-state index in [9.17, 15) is 9.90 Å². The summed E-state index contributed by atoms with van der Waals surface area (Å²) in [5, 5.41) is 18.5. The van der Waals surface area contributed by atoms with Crippen LogP contribution >= 0.6 is 23.2 Å². The van der Waals surface area contributed by atoms with E-state index in [0.29, 0.717) is 15.6 Å². The Morgan fingerprint density at radius 1 is 1.50 bits per heavy atom. The Labute approximate surface area is 124 Å². The van der Waals surface area contributed by atoms with Crippen molar-refractivity contribution in [3.8, 4) is 0 Å². The van der Waals surface area contributed by atoms with Crippen LogP contribution < -0.4 is 0 Å². The van der Waals surface area contributed by atoms with Crippen molar-refractivity contribution in [2.75, 3.05) is 7.11 Å². The number of carbonyl (C=O) groups excluding carboxylic acids is 1. The van der Waals surface area contributed by atoms with Crippen LogP contribution in [0.25, 0.3) is 0 Å². The number of nitrogens with zero attached hydrogens (tertiary/aromatic N) is 3. The minimum atomic E-state index is -1.05. The molecule has 1 heterocycles. The molecule has 106 valence electrons. The number of aromatic nitrogens is 3. The molecule has 0 radical (unpaired) electrons. The predicted molar refractivity (Wildman–Crippen MR) is 72.6 cm³/mol. The van der Waals surface area contributed by atoms with Gasteiger partial charge >= 0.3 is 5.97 Å². The van der Waals surface area contributed by atoms with Gasteiger partial charge < -0.3 is 9.84 Å². The van der Waals surface area contributed by atoms with Crippen LogP contribution in [-0.4, -0.2) is 33.2 Å². The number of methoxy groups -OCH3 is 1. The summed E-state index contributed by atoms with van der Waals surface area (Å²) in [4.78, 5) is 11.1. The molecule has 0 bridgehead atoms. The smallest absolute Gasteiger partial charge is 0.327 e. The van der Waals surface area contributed by atoms with E-state index in [1.54, 1.807) is 12.1 Å². The number of ether oxygens (including phenoxy) is 1. The third kappa shape index (κ3) is 3.27. The van der Waals surface area contributed by atoms with E-state index in [1.165, 1.54) is 24.1 Å². The number of rotatable bonds is 4. The Hall–Kier alpha value is -1.63. The number of hydrogen-bond donors (Lipinski definition) is 1. The van der Waals surface area contributed by atoms with Crippen molar-refractivity contribution in [2.45, 2.75) is 12.6 Å². The number of aliphatic hydroxyl groups is 1. The molecular formula is C12H11Cl2N3O3. The van der Waals surface area contributed by atoms with Gasteiger partial charge in [0.1, 0.15) is 18.3 Å². The van der Waals surface area contributed by atoms with Gasteiger partial charge in [-0.05, 0) is 12.1 Å². The Balaban J connectivity index is 2.21. The molecule has 1 atom stereocenters.